The van der Waals surface area contributed by atoms with Gasteiger partial charge in [-0.3, -0.25) is 9.48 Å². The third kappa shape index (κ3) is 5.13. The lowest BCUT2D eigenvalue weighted by Gasteiger charge is -2.10. The summed E-state index contributed by atoms with van der Waals surface area (Å²) in [5, 5.41) is 5.78. The number of fused-ring (bicyclic) bond motifs is 1. The SMILES string of the molecule is COC(=O)CCc1c(C(=O)OC)[nH]c2c(-c3c(OCc4ccc(OC)cc4)nn(C)c3C)c(Cl)ccc12. The average molecular weight is 526 g/mol. The van der Waals surface area contributed by atoms with E-state index in [1.54, 1.807) is 17.9 Å². The van der Waals surface area contributed by atoms with Gasteiger partial charge in [0.1, 0.15) is 18.1 Å². The molecule has 2 aromatic heterocycles. The van der Waals surface area contributed by atoms with E-state index in [1.165, 1.54) is 14.2 Å². The summed E-state index contributed by atoms with van der Waals surface area (Å²) in [6, 6.07) is 11.1. The number of aromatic amines is 1. The molecule has 4 aromatic rings. The number of aromatic nitrogens is 3. The van der Waals surface area contributed by atoms with Gasteiger partial charge in [-0.1, -0.05) is 29.8 Å². The summed E-state index contributed by atoms with van der Waals surface area (Å²) in [6.45, 7) is 2.20. The van der Waals surface area contributed by atoms with Crippen LogP contribution in [0.3, 0.4) is 0 Å². The van der Waals surface area contributed by atoms with Crippen LogP contribution in [0.5, 0.6) is 11.6 Å². The van der Waals surface area contributed by atoms with Crippen LogP contribution in [0.4, 0.5) is 0 Å². The molecule has 194 valence electrons. The number of nitrogens with one attached hydrogen (secondary N) is 1. The molecule has 0 fully saturated rings. The lowest BCUT2D eigenvalue weighted by atomic mass is 9.99. The quantitative estimate of drug-likeness (QED) is 0.306. The Kier molecular flexibility index (Phi) is 7.73. The number of hydrogen-bond donors (Lipinski definition) is 1. The van der Waals surface area contributed by atoms with Crippen LogP contribution < -0.4 is 9.47 Å². The zero-order valence-electron chi connectivity index (χ0n) is 21.3. The van der Waals surface area contributed by atoms with Crippen LogP contribution in [0.1, 0.15) is 33.7 Å². The first-order valence-corrected chi connectivity index (χ1v) is 11.9. The largest absolute Gasteiger partial charge is 0.497 e. The van der Waals surface area contributed by atoms with Gasteiger partial charge in [-0.15, -0.1) is 5.10 Å². The number of aryl methyl sites for hydroxylation is 2. The van der Waals surface area contributed by atoms with Crippen LogP contribution in [-0.4, -0.2) is 48.0 Å². The van der Waals surface area contributed by atoms with Gasteiger partial charge < -0.3 is 23.9 Å². The fourth-order valence-corrected chi connectivity index (χ4v) is 4.50. The number of ether oxygens (including phenoxy) is 4. The molecule has 2 heterocycles. The van der Waals surface area contributed by atoms with Crippen LogP contribution >= 0.6 is 11.6 Å². The molecule has 0 amide bonds. The van der Waals surface area contributed by atoms with Crippen molar-refractivity contribution in [2.75, 3.05) is 21.3 Å². The minimum absolute atomic E-state index is 0.105. The third-order valence-electron chi connectivity index (χ3n) is 6.31. The van der Waals surface area contributed by atoms with Gasteiger partial charge in [-0.2, -0.15) is 0 Å². The van der Waals surface area contributed by atoms with E-state index in [0.29, 0.717) is 33.1 Å². The van der Waals surface area contributed by atoms with Crippen LogP contribution in [0, 0.1) is 6.92 Å². The van der Waals surface area contributed by atoms with Gasteiger partial charge >= 0.3 is 11.9 Å². The highest BCUT2D eigenvalue weighted by Gasteiger charge is 2.26. The number of methoxy groups -OCH3 is 3. The summed E-state index contributed by atoms with van der Waals surface area (Å²) >= 11 is 6.75. The van der Waals surface area contributed by atoms with E-state index in [1.807, 2.05) is 44.3 Å². The van der Waals surface area contributed by atoms with Gasteiger partial charge in [-0.25, -0.2) is 4.79 Å². The van der Waals surface area contributed by atoms with Crippen LogP contribution in [0.25, 0.3) is 22.0 Å². The average Bonchev–Trinajstić information content (AvgIpc) is 3.42. The van der Waals surface area contributed by atoms with Gasteiger partial charge in [0.15, 0.2) is 0 Å². The van der Waals surface area contributed by atoms with Gasteiger partial charge in [0.25, 0.3) is 0 Å². The highest BCUT2D eigenvalue weighted by atomic mass is 35.5. The van der Waals surface area contributed by atoms with E-state index in [9.17, 15) is 9.59 Å². The van der Waals surface area contributed by atoms with Crippen molar-refractivity contribution in [3.05, 3.63) is 63.9 Å². The Labute approximate surface area is 219 Å². The van der Waals surface area contributed by atoms with Crippen LogP contribution in [0.15, 0.2) is 36.4 Å². The van der Waals surface area contributed by atoms with Gasteiger partial charge in [0.2, 0.25) is 5.88 Å². The normalized spacial score (nSPS) is 11.0. The molecular formula is C27H28ClN3O6. The second kappa shape index (κ2) is 11.0. The molecular weight excluding hydrogens is 498 g/mol. The first-order chi connectivity index (χ1) is 17.8. The minimum Gasteiger partial charge on any atom is -0.497 e. The molecule has 1 N–H and O–H groups in total. The molecule has 0 bridgehead atoms. The van der Waals surface area contributed by atoms with Gasteiger partial charge in [0.05, 0.1) is 37.4 Å². The van der Waals surface area contributed by atoms with Crippen LogP contribution in [0.2, 0.25) is 5.02 Å². The maximum absolute atomic E-state index is 12.6. The van der Waals surface area contributed by atoms with Crippen molar-refractivity contribution in [3.8, 4) is 22.8 Å². The fraction of sp³-hybridized carbons (Fsp3) is 0.296. The second-order valence-electron chi connectivity index (χ2n) is 8.42. The molecule has 4 rings (SSSR count). The Bertz CT molecular complexity index is 1460. The number of hydrogen-bond acceptors (Lipinski definition) is 7. The van der Waals surface area contributed by atoms with E-state index in [2.05, 4.69) is 10.1 Å². The van der Waals surface area contributed by atoms with Crippen molar-refractivity contribution in [2.24, 2.45) is 7.05 Å². The summed E-state index contributed by atoms with van der Waals surface area (Å²) < 4.78 is 22.9. The molecule has 0 aliphatic rings. The van der Waals surface area contributed by atoms with E-state index < -0.39 is 5.97 Å². The summed E-state index contributed by atoms with van der Waals surface area (Å²) in [5.41, 5.74) is 4.63. The first-order valence-electron chi connectivity index (χ1n) is 11.6. The van der Waals surface area contributed by atoms with Crippen molar-refractivity contribution >= 4 is 34.4 Å². The van der Waals surface area contributed by atoms with E-state index in [4.69, 9.17) is 30.5 Å². The number of H-pyrrole nitrogens is 1. The highest BCUT2D eigenvalue weighted by Crippen LogP contribution is 2.43. The van der Waals surface area contributed by atoms with Crippen LogP contribution in [-0.2, 0) is 34.3 Å². The predicted molar refractivity (Wildman–Crippen MR) is 139 cm³/mol. The summed E-state index contributed by atoms with van der Waals surface area (Å²) in [5.74, 6) is 0.233. The molecule has 9 nitrogen and oxygen atoms in total. The monoisotopic (exact) mass is 525 g/mol. The maximum Gasteiger partial charge on any atom is 0.354 e. The molecule has 0 saturated heterocycles. The number of benzene rings is 2. The number of rotatable bonds is 9. The zero-order valence-corrected chi connectivity index (χ0v) is 22.1. The molecule has 0 saturated carbocycles. The highest BCUT2D eigenvalue weighted by molar-refractivity contribution is 6.35. The molecule has 0 radical (unpaired) electrons. The minimum atomic E-state index is -0.544. The lowest BCUT2D eigenvalue weighted by molar-refractivity contribution is -0.140. The molecule has 2 aromatic carbocycles. The van der Waals surface area contributed by atoms with Crippen molar-refractivity contribution in [3.63, 3.8) is 0 Å². The Hall–Kier alpha value is -3.98. The molecule has 0 aliphatic carbocycles. The topological polar surface area (TPSA) is 105 Å². The summed E-state index contributed by atoms with van der Waals surface area (Å²) in [4.78, 5) is 27.7. The molecule has 0 unspecified atom stereocenters. The summed E-state index contributed by atoms with van der Waals surface area (Å²) in [6.07, 6.45) is 0.387. The molecule has 37 heavy (non-hydrogen) atoms. The first kappa shape index (κ1) is 26.1. The number of carbonyl (C=O) groups is 2. The maximum atomic E-state index is 12.6. The van der Waals surface area contributed by atoms with Crippen molar-refractivity contribution in [2.45, 2.75) is 26.4 Å². The fourth-order valence-electron chi connectivity index (χ4n) is 4.24. The Morgan fingerprint density at radius 3 is 2.41 bits per heavy atom. The van der Waals surface area contributed by atoms with Crippen molar-refractivity contribution < 1.29 is 28.5 Å². The number of carbonyl (C=O) groups excluding carboxylic acids is 2. The predicted octanol–water partition coefficient (Wildman–Crippen LogP) is 5.01. The van der Waals surface area contributed by atoms with E-state index in [-0.39, 0.29) is 31.1 Å². The standard InChI is InChI=1S/C27H28ClN3O6/c1-15-22(26(30-31(15)2)37-14-16-6-8-17(34-3)9-7-16)23-20(28)12-10-18-19(11-13-21(32)35-4)25(27(33)36-5)29-24(18)23/h6-10,12,29H,11,13-14H2,1-5H3. The third-order valence-corrected chi connectivity index (χ3v) is 6.63. The van der Waals surface area contributed by atoms with E-state index in [0.717, 1.165) is 22.4 Å². The van der Waals surface area contributed by atoms with Gasteiger partial charge in [0, 0.05) is 30.1 Å². The Morgan fingerprint density at radius 1 is 1.03 bits per heavy atom. The molecule has 10 heteroatoms. The second-order valence-corrected chi connectivity index (χ2v) is 8.82. The number of esters is 2. The molecule has 0 aliphatic heterocycles. The van der Waals surface area contributed by atoms with E-state index >= 15 is 0 Å². The summed E-state index contributed by atoms with van der Waals surface area (Å²) in [7, 11) is 6.08. The smallest absolute Gasteiger partial charge is 0.354 e. The lowest BCUT2D eigenvalue weighted by Crippen LogP contribution is -2.07. The number of halogens is 1. The molecule has 0 atom stereocenters. The van der Waals surface area contributed by atoms with Gasteiger partial charge in [-0.05, 0) is 42.7 Å². The Balaban J connectivity index is 1.82. The number of nitrogens with zero attached hydrogens (tertiary/aromatic N) is 2. The van der Waals surface area contributed by atoms with Crippen molar-refractivity contribution in [1.29, 1.82) is 0 Å². The molecule has 0 spiro atoms. The Morgan fingerprint density at radius 2 is 1.76 bits per heavy atom. The zero-order chi connectivity index (χ0) is 26.7. The van der Waals surface area contributed by atoms with Crippen molar-refractivity contribution in [1.82, 2.24) is 14.8 Å².